The summed E-state index contributed by atoms with van der Waals surface area (Å²) in [5.41, 5.74) is 2.26. The summed E-state index contributed by atoms with van der Waals surface area (Å²) < 4.78 is 7.63. The molecule has 0 bridgehead atoms. The molecule has 1 aliphatic carbocycles. The molecule has 4 nitrogen and oxygen atoms in total. The number of imidazole rings is 1. The first kappa shape index (κ1) is 13.6. The second-order valence-corrected chi connectivity index (χ2v) is 5.77. The van der Waals surface area contributed by atoms with Crippen LogP contribution in [0.15, 0.2) is 24.3 Å². The number of nitrogens with zero attached hydrogens (tertiary/aromatic N) is 2. The number of rotatable bonds is 4. The fraction of sp³-hybridized carbons (Fsp3) is 0.562. The highest BCUT2D eigenvalue weighted by Gasteiger charge is 2.26. The van der Waals surface area contributed by atoms with E-state index in [0.717, 1.165) is 24.2 Å². The van der Waals surface area contributed by atoms with E-state index in [2.05, 4.69) is 42.1 Å². The number of aryl methyl sites for hydroxylation is 1. The molecule has 3 rings (SSSR count). The number of hydrogen-bond donors (Lipinski definition) is 1. The Morgan fingerprint density at radius 3 is 2.85 bits per heavy atom. The van der Waals surface area contributed by atoms with Gasteiger partial charge in [0.25, 0.3) is 0 Å². The Hall–Kier alpha value is -1.39. The molecule has 1 heterocycles. The third kappa shape index (κ3) is 2.45. The Labute approximate surface area is 120 Å². The molecule has 1 fully saturated rings. The predicted octanol–water partition coefficient (Wildman–Crippen LogP) is 2.79. The van der Waals surface area contributed by atoms with Crippen LogP contribution in [0.25, 0.3) is 11.0 Å². The van der Waals surface area contributed by atoms with Crippen LogP contribution in [0.1, 0.15) is 38.1 Å². The van der Waals surface area contributed by atoms with Crippen LogP contribution in [-0.2, 0) is 11.8 Å². The standard InChI is InChI=1S/C16H23N3O/c1-11(17-12-8-9-13(10-12)20-3)16-18-14-6-4-5-7-15(14)19(16)2/h4-7,11-13,17H,8-10H2,1-3H3. The van der Waals surface area contributed by atoms with Crippen LogP contribution in [0.2, 0.25) is 0 Å². The van der Waals surface area contributed by atoms with Crippen molar-refractivity contribution in [1.82, 2.24) is 14.9 Å². The van der Waals surface area contributed by atoms with Gasteiger partial charge in [-0.1, -0.05) is 12.1 Å². The fourth-order valence-electron chi connectivity index (χ4n) is 3.29. The molecular formula is C16H23N3O. The average Bonchev–Trinajstić information content (AvgIpc) is 3.04. The molecule has 1 aliphatic rings. The van der Waals surface area contributed by atoms with Gasteiger partial charge in [-0.3, -0.25) is 0 Å². The van der Waals surface area contributed by atoms with E-state index in [1.165, 1.54) is 11.9 Å². The zero-order chi connectivity index (χ0) is 14.1. The summed E-state index contributed by atoms with van der Waals surface area (Å²) in [5.74, 6) is 1.10. The van der Waals surface area contributed by atoms with Crippen molar-refractivity contribution in [2.45, 2.75) is 44.4 Å². The Morgan fingerprint density at radius 1 is 1.35 bits per heavy atom. The maximum atomic E-state index is 5.44. The normalized spacial score (nSPS) is 24.4. The van der Waals surface area contributed by atoms with Crippen molar-refractivity contribution in [3.63, 3.8) is 0 Å². The number of nitrogens with one attached hydrogen (secondary N) is 1. The zero-order valence-corrected chi connectivity index (χ0v) is 12.5. The van der Waals surface area contributed by atoms with E-state index in [9.17, 15) is 0 Å². The highest BCUT2D eigenvalue weighted by atomic mass is 16.5. The lowest BCUT2D eigenvalue weighted by Crippen LogP contribution is -2.31. The van der Waals surface area contributed by atoms with Crippen molar-refractivity contribution in [3.05, 3.63) is 30.1 Å². The molecule has 108 valence electrons. The largest absolute Gasteiger partial charge is 0.381 e. The SMILES string of the molecule is COC1CCC(NC(C)c2nc3ccccc3n2C)C1. The van der Waals surface area contributed by atoms with E-state index in [-0.39, 0.29) is 6.04 Å². The molecule has 1 saturated carbocycles. The van der Waals surface area contributed by atoms with E-state index < -0.39 is 0 Å². The van der Waals surface area contributed by atoms with Crippen molar-refractivity contribution < 1.29 is 4.74 Å². The van der Waals surface area contributed by atoms with Gasteiger partial charge < -0.3 is 14.6 Å². The van der Waals surface area contributed by atoms with E-state index in [4.69, 9.17) is 9.72 Å². The first-order valence-electron chi connectivity index (χ1n) is 7.39. The topological polar surface area (TPSA) is 39.1 Å². The van der Waals surface area contributed by atoms with E-state index >= 15 is 0 Å². The lowest BCUT2D eigenvalue weighted by Gasteiger charge is -2.19. The molecule has 0 amide bonds. The van der Waals surface area contributed by atoms with Crippen LogP contribution in [0.5, 0.6) is 0 Å². The van der Waals surface area contributed by atoms with Gasteiger partial charge in [-0.05, 0) is 38.3 Å². The van der Waals surface area contributed by atoms with E-state index in [0.29, 0.717) is 12.1 Å². The molecule has 0 radical (unpaired) electrons. The molecule has 3 atom stereocenters. The van der Waals surface area contributed by atoms with Crippen LogP contribution in [0.4, 0.5) is 0 Å². The lowest BCUT2D eigenvalue weighted by atomic mass is 10.2. The van der Waals surface area contributed by atoms with Crippen LogP contribution in [0, 0.1) is 0 Å². The van der Waals surface area contributed by atoms with Gasteiger partial charge >= 0.3 is 0 Å². The number of para-hydroxylation sites is 2. The van der Waals surface area contributed by atoms with Crippen molar-refractivity contribution in [2.75, 3.05) is 7.11 Å². The maximum Gasteiger partial charge on any atom is 0.126 e. The van der Waals surface area contributed by atoms with Gasteiger partial charge in [-0.2, -0.15) is 0 Å². The first-order valence-corrected chi connectivity index (χ1v) is 7.39. The molecule has 3 unspecified atom stereocenters. The Morgan fingerprint density at radius 2 is 2.15 bits per heavy atom. The zero-order valence-electron chi connectivity index (χ0n) is 12.5. The molecule has 0 spiro atoms. The van der Waals surface area contributed by atoms with Crippen LogP contribution in [-0.4, -0.2) is 28.8 Å². The van der Waals surface area contributed by atoms with Crippen LogP contribution in [0.3, 0.4) is 0 Å². The maximum absolute atomic E-state index is 5.44. The Kier molecular flexibility index (Phi) is 3.76. The smallest absolute Gasteiger partial charge is 0.126 e. The first-order chi connectivity index (χ1) is 9.69. The minimum absolute atomic E-state index is 0.257. The summed E-state index contributed by atoms with van der Waals surface area (Å²) >= 11 is 0. The summed E-state index contributed by atoms with van der Waals surface area (Å²) in [6, 6.07) is 9.09. The number of ether oxygens (including phenoxy) is 1. The second kappa shape index (κ2) is 5.54. The summed E-state index contributed by atoms with van der Waals surface area (Å²) in [5, 5.41) is 3.70. The minimum Gasteiger partial charge on any atom is -0.381 e. The van der Waals surface area contributed by atoms with Crippen LogP contribution < -0.4 is 5.32 Å². The predicted molar refractivity (Wildman–Crippen MR) is 80.7 cm³/mol. The second-order valence-electron chi connectivity index (χ2n) is 5.77. The summed E-state index contributed by atoms with van der Waals surface area (Å²) in [6.45, 7) is 2.20. The van der Waals surface area contributed by atoms with Crippen molar-refractivity contribution in [2.24, 2.45) is 7.05 Å². The van der Waals surface area contributed by atoms with Gasteiger partial charge in [0.1, 0.15) is 5.82 Å². The van der Waals surface area contributed by atoms with Gasteiger partial charge in [-0.15, -0.1) is 0 Å². The number of fused-ring (bicyclic) bond motifs is 1. The third-order valence-corrected chi connectivity index (χ3v) is 4.41. The molecule has 20 heavy (non-hydrogen) atoms. The number of methoxy groups -OCH3 is 1. The number of hydrogen-bond acceptors (Lipinski definition) is 3. The third-order valence-electron chi connectivity index (χ3n) is 4.41. The quantitative estimate of drug-likeness (QED) is 0.931. The van der Waals surface area contributed by atoms with Crippen LogP contribution >= 0.6 is 0 Å². The Balaban J connectivity index is 1.76. The van der Waals surface area contributed by atoms with Gasteiger partial charge in [0.15, 0.2) is 0 Å². The highest BCUT2D eigenvalue weighted by molar-refractivity contribution is 5.75. The number of aromatic nitrogens is 2. The lowest BCUT2D eigenvalue weighted by molar-refractivity contribution is 0.106. The molecule has 0 aliphatic heterocycles. The minimum atomic E-state index is 0.257. The van der Waals surface area contributed by atoms with Gasteiger partial charge in [0.2, 0.25) is 0 Å². The van der Waals surface area contributed by atoms with Crippen molar-refractivity contribution in [3.8, 4) is 0 Å². The molecule has 4 heteroatoms. The number of benzene rings is 1. The molecular weight excluding hydrogens is 250 g/mol. The summed E-state index contributed by atoms with van der Waals surface area (Å²) in [4.78, 5) is 4.76. The summed E-state index contributed by atoms with van der Waals surface area (Å²) in [7, 11) is 3.90. The molecule has 1 aromatic carbocycles. The van der Waals surface area contributed by atoms with E-state index in [1.54, 1.807) is 0 Å². The van der Waals surface area contributed by atoms with Gasteiger partial charge in [-0.25, -0.2) is 4.98 Å². The van der Waals surface area contributed by atoms with Crippen molar-refractivity contribution in [1.29, 1.82) is 0 Å². The van der Waals surface area contributed by atoms with Gasteiger partial charge in [0.05, 0.1) is 23.2 Å². The molecule has 1 N–H and O–H groups in total. The summed E-state index contributed by atoms with van der Waals surface area (Å²) in [6.07, 6.45) is 3.86. The average molecular weight is 273 g/mol. The Bertz CT molecular complexity index is 592. The van der Waals surface area contributed by atoms with E-state index in [1.807, 2.05) is 13.2 Å². The van der Waals surface area contributed by atoms with Gasteiger partial charge in [0, 0.05) is 20.2 Å². The molecule has 1 aromatic heterocycles. The van der Waals surface area contributed by atoms with Crippen molar-refractivity contribution >= 4 is 11.0 Å². The molecule has 0 saturated heterocycles. The molecule has 2 aromatic rings. The highest BCUT2D eigenvalue weighted by Crippen LogP contribution is 2.25. The monoisotopic (exact) mass is 273 g/mol. The fourth-order valence-corrected chi connectivity index (χ4v) is 3.29.